The molecule has 0 spiro atoms. The summed E-state index contributed by atoms with van der Waals surface area (Å²) in [5.74, 6) is -0.826. The lowest BCUT2D eigenvalue weighted by Crippen LogP contribution is -2.21. The van der Waals surface area contributed by atoms with Gasteiger partial charge in [-0.05, 0) is 32.4 Å². The lowest BCUT2D eigenvalue weighted by Gasteiger charge is -2.08. The topological polar surface area (TPSA) is 49.3 Å². The quantitative estimate of drug-likeness (QED) is 0.703. The highest BCUT2D eigenvalue weighted by atomic mass is 16.4. The van der Waals surface area contributed by atoms with Crippen LogP contribution in [-0.4, -0.2) is 24.2 Å². The molecular weight excluding hydrogens is 214 g/mol. The normalized spacial score (nSPS) is 16.8. The van der Waals surface area contributed by atoms with E-state index in [0.29, 0.717) is 0 Å². The molecule has 17 heavy (non-hydrogen) atoms. The molecule has 2 N–H and O–H groups in total. The lowest BCUT2D eigenvalue weighted by molar-refractivity contribution is -0.141. The van der Waals surface area contributed by atoms with E-state index in [1.54, 1.807) is 6.92 Å². The third-order valence-electron chi connectivity index (χ3n) is 3.12. The minimum Gasteiger partial charge on any atom is -0.481 e. The first-order valence-corrected chi connectivity index (χ1v) is 7.12. The van der Waals surface area contributed by atoms with Gasteiger partial charge in [0.1, 0.15) is 0 Å². The number of hydrogen-bond donors (Lipinski definition) is 2. The van der Waals surface area contributed by atoms with Crippen LogP contribution in [0.4, 0.5) is 0 Å². The van der Waals surface area contributed by atoms with Crippen molar-refractivity contribution >= 4 is 5.97 Å². The molecule has 0 bridgehead atoms. The Morgan fingerprint density at radius 3 is 2.18 bits per heavy atom. The molecule has 1 atom stereocenters. The van der Waals surface area contributed by atoms with Crippen molar-refractivity contribution < 1.29 is 9.90 Å². The standard InChI is InChI=1S/C9H18O2.C5H11N/c1-3-4-5-6-7-8(2)9(10)11;1-2-4-6-5-3-1/h8H,3-7H2,1-2H3,(H,10,11);6H,1-5H2. The smallest absolute Gasteiger partial charge is 0.306 e. The Kier molecular flexibility index (Phi) is 11.5. The van der Waals surface area contributed by atoms with Crippen LogP contribution in [0.2, 0.25) is 0 Å². The number of nitrogens with one attached hydrogen (secondary N) is 1. The second-order valence-corrected chi connectivity index (χ2v) is 4.90. The van der Waals surface area contributed by atoms with Crippen molar-refractivity contribution in [2.75, 3.05) is 13.1 Å². The van der Waals surface area contributed by atoms with E-state index in [4.69, 9.17) is 5.11 Å². The van der Waals surface area contributed by atoms with Crippen LogP contribution < -0.4 is 5.32 Å². The van der Waals surface area contributed by atoms with Gasteiger partial charge in [-0.1, -0.05) is 46.0 Å². The van der Waals surface area contributed by atoms with E-state index < -0.39 is 5.97 Å². The largest absolute Gasteiger partial charge is 0.481 e. The highest BCUT2D eigenvalue weighted by Crippen LogP contribution is 2.09. The van der Waals surface area contributed by atoms with Gasteiger partial charge in [0, 0.05) is 0 Å². The van der Waals surface area contributed by atoms with Crippen molar-refractivity contribution in [3.8, 4) is 0 Å². The number of carboxylic acids is 1. The number of piperidine rings is 1. The van der Waals surface area contributed by atoms with Crippen LogP contribution in [0.25, 0.3) is 0 Å². The maximum Gasteiger partial charge on any atom is 0.306 e. The molecule has 1 fully saturated rings. The van der Waals surface area contributed by atoms with Crippen LogP contribution in [0.15, 0.2) is 0 Å². The zero-order chi connectivity index (χ0) is 12.9. The second kappa shape index (κ2) is 11.9. The average molecular weight is 243 g/mol. The van der Waals surface area contributed by atoms with Crippen LogP contribution >= 0.6 is 0 Å². The van der Waals surface area contributed by atoms with Crippen molar-refractivity contribution in [1.29, 1.82) is 0 Å². The molecule has 3 nitrogen and oxygen atoms in total. The van der Waals surface area contributed by atoms with Gasteiger partial charge in [-0.25, -0.2) is 0 Å². The first-order chi connectivity index (χ1) is 8.18. The molecule has 0 aromatic carbocycles. The van der Waals surface area contributed by atoms with Gasteiger partial charge in [0.15, 0.2) is 0 Å². The summed E-state index contributed by atoms with van der Waals surface area (Å²) >= 11 is 0. The number of rotatable bonds is 6. The fourth-order valence-corrected chi connectivity index (χ4v) is 1.80. The molecule has 0 aliphatic carbocycles. The molecule has 0 aromatic rings. The van der Waals surface area contributed by atoms with Gasteiger partial charge in [0.2, 0.25) is 0 Å². The lowest BCUT2D eigenvalue weighted by atomic mass is 10.0. The van der Waals surface area contributed by atoms with Crippen LogP contribution in [0.5, 0.6) is 0 Å². The highest BCUT2D eigenvalue weighted by molar-refractivity contribution is 5.69. The van der Waals surface area contributed by atoms with Gasteiger partial charge >= 0.3 is 5.97 Å². The van der Waals surface area contributed by atoms with Gasteiger partial charge in [-0.2, -0.15) is 0 Å². The maximum absolute atomic E-state index is 10.4. The molecule has 0 amide bonds. The Hall–Kier alpha value is -0.570. The number of unbranched alkanes of at least 4 members (excludes halogenated alkanes) is 3. The Bertz CT molecular complexity index is 168. The van der Waals surface area contributed by atoms with E-state index in [1.165, 1.54) is 51.6 Å². The van der Waals surface area contributed by atoms with E-state index in [-0.39, 0.29) is 5.92 Å². The highest BCUT2D eigenvalue weighted by Gasteiger charge is 2.08. The molecule has 1 aliphatic rings. The molecule has 1 saturated heterocycles. The molecule has 1 rings (SSSR count). The first-order valence-electron chi connectivity index (χ1n) is 7.12. The van der Waals surface area contributed by atoms with Crippen molar-refractivity contribution in [1.82, 2.24) is 5.32 Å². The fraction of sp³-hybridized carbons (Fsp3) is 0.929. The predicted molar refractivity (Wildman–Crippen MR) is 72.3 cm³/mol. The summed E-state index contributed by atoms with van der Waals surface area (Å²) in [5.41, 5.74) is 0. The Morgan fingerprint density at radius 2 is 1.82 bits per heavy atom. The van der Waals surface area contributed by atoms with Gasteiger partial charge < -0.3 is 10.4 Å². The van der Waals surface area contributed by atoms with Gasteiger partial charge in [-0.15, -0.1) is 0 Å². The van der Waals surface area contributed by atoms with Crippen LogP contribution in [0, 0.1) is 5.92 Å². The molecule has 0 aromatic heterocycles. The molecule has 1 unspecified atom stereocenters. The zero-order valence-electron chi connectivity index (χ0n) is 11.5. The van der Waals surface area contributed by atoms with Crippen LogP contribution in [0.3, 0.4) is 0 Å². The average Bonchev–Trinajstić information content (AvgIpc) is 2.37. The summed E-state index contributed by atoms with van der Waals surface area (Å²) in [6, 6.07) is 0. The molecule has 1 aliphatic heterocycles. The Labute approximate surface area is 106 Å². The second-order valence-electron chi connectivity index (χ2n) is 4.90. The maximum atomic E-state index is 10.4. The van der Waals surface area contributed by atoms with E-state index >= 15 is 0 Å². The summed E-state index contributed by atoms with van der Waals surface area (Å²) < 4.78 is 0. The molecule has 0 radical (unpaired) electrons. The minimum atomic E-state index is -0.665. The van der Waals surface area contributed by atoms with Crippen LogP contribution in [-0.2, 0) is 4.79 Å². The van der Waals surface area contributed by atoms with Gasteiger partial charge in [-0.3, -0.25) is 4.79 Å². The third kappa shape index (κ3) is 11.7. The molecular formula is C14H29NO2. The fourth-order valence-electron chi connectivity index (χ4n) is 1.80. The summed E-state index contributed by atoms with van der Waals surface area (Å²) in [4.78, 5) is 10.4. The van der Waals surface area contributed by atoms with Gasteiger partial charge in [0.05, 0.1) is 5.92 Å². The Balaban J connectivity index is 0.000000354. The molecule has 0 saturated carbocycles. The first kappa shape index (κ1) is 16.4. The molecule has 102 valence electrons. The van der Waals surface area contributed by atoms with Crippen molar-refractivity contribution in [3.05, 3.63) is 0 Å². The summed E-state index contributed by atoms with van der Waals surface area (Å²) in [7, 11) is 0. The van der Waals surface area contributed by atoms with Gasteiger partial charge in [0.25, 0.3) is 0 Å². The number of carbonyl (C=O) groups is 1. The SMILES string of the molecule is C1CCNCC1.CCCCCCC(C)C(=O)O. The number of carboxylic acid groups (broad SMARTS) is 1. The monoisotopic (exact) mass is 243 g/mol. The van der Waals surface area contributed by atoms with E-state index in [0.717, 1.165) is 12.8 Å². The third-order valence-corrected chi connectivity index (χ3v) is 3.12. The van der Waals surface area contributed by atoms with Crippen molar-refractivity contribution in [2.24, 2.45) is 5.92 Å². The Morgan fingerprint density at radius 1 is 1.18 bits per heavy atom. The van der Waals surface area contributed by atoms with E-state index in [9.17, 15) is 4.79 Å². The predicted octanol–water partition coefficient (Wildman–Crippen LogP) is 3.44. The van der Waals surface area contributed by atoms with Crippen molar-refractivity contribution in [2.45, 2.75) is 65.2 Å². The van der Waals surface area contributed by atoms with E-state index in [1.807, 2.05) is 0 Å². The van der Waals surface area contributed by atoms with E-state index in [2.05, 4.69) is 12.2 Å². The van der Waals surface area contributed by atoms with Crippen molar-refractivity contribution in [3.63, 3.8) is 0 Å². The summed E-state index contributed by atoms with van der Waals surface area (Å²) in [6.45, 7) is 6.43. The number of hydrogen-bond acceptors (Lipinski definition) is 2. The number of aliphatic carboxylic acids is 1. The molecule has 1 heterocycles. The zero-order valence-corrected chi connectivity index (χ0v) is 11.5. The molecule has 3 heteroatoms. The van der Waals surface area contributed by atoms with Crippen LogP contribution in [0.1, 0.15) is 65.2 Å². The summed E-state index contributed by atoms with van der Waals surface area (Å²) in [5, 5.41) is 11.8. The summed E-state index contributed by atoms with van der Waals surface area (Å²) in [6.07, 6.45) is 9.71. The minimum absolute atomic E-state index is 0.160.